The van der Waals surface area contributed by atoms with Gasteiger partial charge in [0.1, 0.15) is 13.2 Å². The van der Waals surface area contributed by atoms with Crippen LogP contribution < -0.4 is 0 Å². The van der Waals surface area contributed by atoms with Crippen molar-refractivity contribution in [2.45, 2.75) is 118 Å². The normalized spacial score (nSPS) is 41.0. The van der Waals surface area contributed by atoms with Gasteiger partial charge in [-0.15, -0.1) is 0 Å². The molecule has 0 aromatic heterocycles. The Labute approximate surface area is 241 Å². The molecule has 0 heterocycles. The van der Waals surface area contributed by atoms with E-state index in [-0.39, 0.29) is 6.10 Å². The molecule has 4 aliphatic rings. The van der Waals surface area contributed by atoms with E-state index in [4.69, 9.17) is 13.6 Å². The minimum Gasteiger partial charge on any atom is -0.329 e. The molecule has 0 aromatic rings. The van der Waals surface area contributed by atoms with Crippen LogP contribution in [-0.2, 0) is 18.1 Å². The smallest absolute Gasteiger partial charge is 0.329 e. The first kappa shape index (κ1) is 32.0. The van der Waals surface area contributed by atoms with Crippen LogP contribution >= 0.6 is 7.82 Å². The monoisotopic (exact) mass is 568 g/mol. The Kier molecular flexibility index (Phi) is 10.1. The Morgan fingerprint density at radius 2 is 1.59 bits per heavy atom. The third-order valence-electron chi connectivity index (χ3n) is 12.3. The van der Waals surface area contributed by atoms with Crippen molar-refractivity contribution in [2.75, 3.05) is 41.4 Å². The number of phosphoric acid groups is 1. The fraction of sp³-hybridized carbons (Fsp3) is 1.00. The van der Waals surface area contributed by atoms with Crippen molar-refractivity contribution in [3.63, 3.8) is 0 Å². The van der Waals surface area contributed by atoms with E-state index >= 15 is 0 Å². The molecule has 0 amide bonds. The summed E-state index contributed by atoms with van der Waals surface area (Å²) in [7, 11) is 4.26. The van der Waals surface area contributed by atoms with Gasteiger partial charge in [-0.1, -0.05) is 53.9 Å². The molecule has 5 nitrogen and oxygen atoms in total. The SMILES string of the molecule is COP(=O)(OCC[N+](C)(C)C)O[C@H]1CC[C@@]2(C)[C@@H](CC[C@@H]3[C@@H]2CC[C@]2(C)[C@@H]([C@H](C)CCCC(C)C)CC[C@@H]32)C1. The van der Waals surface area contributed by atoms with Crippen molar-refractivity contribution < 1.29 is 22.6 Å². The third kappa shape index (κ3) is 7.01. The second kappa shape index (κ2) is 12.4. The molecule has 0 aliphatic heterocycles. The number of fused-ring (bicyclic) bond motifs is 5. The maximum atomic E-state index is 13.3. The summed E-state index contributed by atoms with van der Waals surface area (Å²) in [5.74, 6) is 5.95. The topological polar surface area (TPSA) is 44.8 Å². The summed E-state index contributed by atoms with van der Waals surface area (Å²) in [5, 5.41) is 0. The molecule has 0 radical (unpaired) electrons. The van der Waals surface area contributed by atoms with Crippen LogP contribution in [0.4, 0.5) is 0 Å². The van der Waals surface area contributed by atoms with Gasteiger partial charge in [-0.05, 0) is 110 Å². The zero-order valence-corrected chi connectivity index (χ0v) is 27.9. The molecule has 4 saturated carbocycles. The first-order chi connectivity index (χ1) is 18.2. The van der Waals surface area contributed by atoms with Crippen molar-refractivity contribution in [2.24, 2.45) is 52.3 Å². The summed E-state index contributed by atoms with van der Waals surface area (Å²) in [6.07, 6.45) is 15.8. The summed E-state index contributed by atoms with van der Waals surface area (Å²) in [5.41, 5.74) is 0.947. The Morgan fingerprint density at radius 1 is 0.897 bits per heavy atom. The number of nitrogens with zero attached hydrogens (tertiary/aromatic N) is 1. The number of likely N-dealkylation sites (N-methyl/N-ethyl adjacent to an activating group) is 1. The minimum absolute atomic E-state index is 0.0223. The molecular weight excluding hydrogens is 505 g/mol. The fourth-order valence-corrected chi connectivity index (χ4v) is 11.2. The predicted octanol–water partition coefficient (Wildman–Crippen LogP) is 8.97. The molecule has 1 unspecified atom stereocenters. The highest BCUT2D eigenvalue weighted by Gasteiger charge is 2.60. The third-order valence-corrected chi connectivity index (χ3v) is 13.8. The zero-order chi connectivity index (χ0) is 28.6. The molecular formula is C33H63NO4P+. The van der Waals surface area contributed by atoms with Gasteiger partial charge in [0, 0.05) is 7.11 Å². The number of hydrogen-bond donors (Lipinski definition) is 0. The lowest BCUT2D eigenvalue weighted by Gasteiger charge is -2.61. The van der Waals surface area contributed by atoms with E-state index in [0.29, 0.717) is 23.4 Å². The van der Waals surface area contributed by atoms with E-state index in [1.807, 2.05) is 0 Å². The number of quaternary nitrogens is 1. The molecule has 0 N–H and O–H groups in total. The average Bonchev–Trinajstić information content (AvgIpc) is 3.20. The standard InChI is InChI=1S/C33H63NO4P/c1-24(2)11-10-12-25(3)29-15-16-30-28-14-13-26-23-27(38-39(35,36-9)37-22-21-34(6,7)8)17-19-32(26,4)31(28)18-20-33(29,30)5/h24-31H,10-23H2,1-9H3/q+1/t25-,26+,27+,28+,29-,30+,31+,32+,33-,39?/m1/s1. The van der Waals surface area contributed by atoms with E-state index in [0.717, 1.165) is 59.4 Å². The fourth-order valence-electron chi connectivity index (χ4n) is 10.1. The summed E-state index contributed by atoms with van der Waals surface area (Å²) in [6.45, 7) is 13.8. The van der Waals surface area contributed by atoms with Crippen LogP contribution in [0, 0.1) is 52.3 Å². The summed E-state index contributed by atoms with van der Waals surface area (Å²) in [6, 6.07) is 0. The van der Waals surface area contributed by atoms with Gasteiger partial charge in [0.05, 0.1) is 27.2 Å². The first-order valence-electron chi connectivity index (χ1n) is 16.5. The van der Waals surface area contributed by atoms with Gasteiger partial charge < -0.3 is 4.48 Å². The van der Waals surface area contributed by atoms with Gasteiger partial charge in [-0.25, -0.2) is 4.57 Å². The average molecular weight is 569 g/mol. The largest absolute Gasteiger partial charge is 0.474 e. The maximum Gasteiger partial charge on any atom is 0.474 e. The van der Waals surface area contributed by atoms with Gasteiger partial charge in [0.15, 0.2) is 0 Å². The Morgan fingerprint density at radius 3 is 2.26 bits per heavy atom. The summed E-state index contributed by atoms with van der Waals surface area (Å²) >= 11 is 0. The molecule has 4 aliphatic carbocycles. The van der Waals surface area contributed by atoms with E-state index in [9.17, 15) is 4.57 Å². The van der Waals surface area contributed by atoms with E-state index in [1.165, 1.54) is 71.3 Å². The predicted molar refractivity (Wildman–Crippen MR) is 161 cm³/mol. The Hall–Kier alpha value is 0.0700. The molecule has 0 bridgehead atoms. The molecule has 4 fully saturated rings. The first-order valence-corrected chi connectivity index (χ1v) is 18.0. The molecule has 0 saturated heterocycles. The number of hydrogen-bond acceptors (Lipinski definition) is 4. The maximum absolute atomic E-state index is 13.3. The minimum atomic E-state index is -3.52. The van der Waals surface area contributed by atoms with Crippen molar-refractivity contribution in [3.8, 4) is 0 Å². The second-order valence-corrected chi connectivity index (χ2v) is 17.9. The highest BCUT2D eigenvalue weighted by molar-refractivity contribution is 7.48. The molecule has 6 heteroatoms. The van der Waals surface area contributed by atoms with Gasteiger partial charge in [-0.3, -0.25) is 13.6 Å². The van der Waals surface area contributed by atoms with Crippen molar-refractivity contribution in [3.05, 3.63) is 0 Å². The van der Waals surface area contributed by atoms with E-state index < -0.39 is 7.82 Å². The molecule has 39 heavy (non-hydrogen) atoms. The Balaban J connectivity index is 1.36. The van der Waals surface area contributed by atoms with Gasteiger partial charge >= 0.3 is 7.82 Å². The molecule has 0 spiro atoms. The molecule has 4 rings (SSSR count). The van der Waals surface area contributed by atoms with Crippen LogP contribution in [0.3, 0.4) is 0 Å². The van der Waals surface area contributed by atoms with Crippen LogP contribution in [0.25, 0.3) is 0 Å². The van der Waals surface area contributed by atoms with Gasteiger partial charge in [-0.2, -0.15) is 0 Å². The van der Waals surface area contributed by atoms with Crippen LogP contribution in [0.5, 0.6) is 0 Å². The van der Waals surface area contributed by atoms with Crippen LogP contribution in [0.2, 0.25) is 0 Å². The quantitative estimate of drug-likeness (QED) is 0.174. The lowest BCUT2D eigenvalue weighted by atomic mass is 9.44. The second-order valence-electron chi connectivity index (χ2n) is 16.2. The zero-order valence-electron chi connectivity index (χ0n) is 27.0. The van der Waals surface area contributed by atoms with Crippen molar-refractivity contribution >= 4 is 7.82 Å². The van der Waals surface area contributed by atoms with Crippen LogP contribution in [-0.4, -0.2) is 52.0 Å². The van der Waals surface area contributed by atoms with Gasteiger partial charge in [0.25, 0.3) is 0 Å². The summed E-state index contributed by atoms with van der Waals surface area (Å²) < 4.78 is 31.2. The van der Waals surface area contributed by atoms with Crippen LogP contribution in [0.15, 0.2) is 0 Å². The summed E-state index contributed by atoms with van der Waals surface area (Å²) in [4.78, 5) is 0. The van der Waals surface area contributed by atoms with Crippen LogP contribution in [0.1, 0.15) is 112 Å². The number of rotatable bonds is 12. The van der Waals surface area contributed by atoms with Gasteiger partial charge in [0.2, 0.25) is 0 Å². The van der Waals surface area contributed by atoms with E-state index in [1.54, 1.807) is 0 Å². The van der Waals surface area contributed by atoms with E-state index in [2.05, 4.69) is 55.8 Å². The highest BCUT2D eigenvalue weighted by atomic mass is 31.2. The molecule has 10 atom stereocenters. The van der Waals surface area contributed by atoms with Crippen molar-refractivity contribution in [1.82, 2.24) is 0 Å². The van der Waals surface area contributed by atoms with Crippen molar-refractivity contribution in [1.29, 1.82) is 0 Å². The molecule has 0 aromatic carbocycles. The number of phosphoric ester groups is 1. The lowest BCUT2D eigenvalue weighted by molar-refractivity contribution is -0.870. The Bertz CT molecular complexity index is 857. The highest BCUT2D eigenvalue weighted by Crippen LogP contribution is 2.69. The lowest BCUT2D eigenvalue weighted by Crippen LogP contribution is -2.54. The molecule has 228 valence electrons.